The van der Waals surface area contributed by atoms with Gasteiger partial charge in [0.15, 0.2) is 0 Å². The molecule has 2 aromatic carbocycles. The van der Waals surface area contributed by atoms with Crippen LogP contribution in [0.5, 0.6) is 11.5 Å². The van der Waals surface area contributed by atoms with Crippen LogP contribution in [0.3, 0.4) is 0 Å². The quantitative estimate of drug-likeness (QED) is 0.648. The molecule has 0 aliphatic rings. The Labute approximate surface area is 120 Å². The highest BCUT2D eigenvalue weighted by atomic mass is 16.4. The van der Waals surface area contributed by atoms with Gasteiger partial charge in [-0.25, -0.2) is 4.79 Å². The number of carboxylic acid groups (broad SMARTS) is 1. The maximum absolute atomic E-state index is 12.1. The van der Waals surface area contributed by atoms with E-state index in [9.17, 15) is 19.8 Å². The second-order valence-electron chi connectivity index (χ2n) is 4.44. The monoisotopic (exact) mass is 287 g/mol. The van der Waals surface area contributed by atoms with E-state index in [1.165, 1.54) is 24.3 Å². The van der Waals surface area contributed by atoms with Gasteiger partial charge < -0.3 is 20.6 Å². The molecule has 0 aliphatic heterocycles. The number of aromatic carboxylic acids is 1. The molecule has 0 unspecified atom stereocenters. The molecule has 6 nitrogen and oxygen atoms in total. The van der Waals surface area contributed by atoms with Crippen molar-refractivity contribution < 1.29 is 24.9 Å². The summed E-state index contributed by atoms with van der Waals surface area (Å²) in [6, 6.07) is 8.07. The van der Waals surface area contributed by atoms with Gasteiger partial charge in [-0.2, -0.15) is 0 Å². The largest absolute Gasteiger partial charge is 0.508 e. The lowest BCUT2D eigenvalue weighted by Crippen LogP contribution is -2.14. The molecule has 0 atom stereocenters. The van der Waals surface area contributed by atoms with Crippen LogP contribution in [0, 0.1) is 6.92 Å². The molecular weight excluding hydrogens is 274 g/mol. The van der Waals surface area contributed by atoms with Crippen LogP contribution in [0.15, 0.2) is 36.4 Å². The predicted octanol–water partition coefficient (Wildman–Crippen LogP) is 2.36. The lowest BCUT2D eigenvalue weighted by atomic mass is 10.1. The number of benzene rings is 2. The van der Waals surface area contributed by atoms with Crippen LogP contribution in [0.4, 0.5) is 5.69 Å². The smallest absolute Gasteiger partial charge is 0.336 e. The number of rotatable bonds is 3. The summed E-state index contributed by atoms with van der Waals surface area (Å²) in [7, 11) is 0. The highest BCUT2D eigenvalue weighted by Gasteiger charge is 2.15. The standard InChI is InChI=1S/C15H13NO5/c1-8-10(15(20)21)3-2-4-12(8)16-14(19)11-7-9(17)5-6-13(11)18/h2-7,17-18H,1H3,(H,16,19)(H,20,21). The Bertz CT molecular complexity index is 724. The van der Waals surface area contributed by atoms with Gasteiger partial charge in [-0.3, -0.25) is 4.79 Å². The third kappa shape index (κ3) is 2.94. The molecule has 0 spiro atoms. The van der Waals surface area contributed by atoms with E-state index in [1.807, 2.05) is 0 Å². The summed E-state index contributed by atoms with van der Waals surface area (Å²) in [6.45, 7) is 1.57. The first-order valence-electron chi connectivity index (χ1n) is 6.06. The van der Waals surface area contributed by atoms with Crippen molar-refractivity contribution in [3.05, 3.63) is 53.1 Å². The number of aromatic hydroxyl groups is 2. The van der Waals surface area contributed by atoms with Gasteiger partial charge in [-0.1, -0.05) is 6.07 Å². The number of amides is 1. The van der Waals surface area contributed by atoms with Crippen molar-refractivity contribution in [3.8, 4) is 11.5 Å². The molecule has 0 heterocycles. The van der Waals surface area contributed by atoms with Gasteiger partial charge in [0.1, 0.15) is 11.5 Å². The summed E-state index contributed by atoms with van der Waals surface area (Å²) < 4.78 is 0. The van der Waals surface area contributed by atoms with Crippen LogP contribution >= 0.6 is 0 Å². The Morgan fingerprint density at radius 2 is 1.76 bits per heavy atom. The van der Waals surface area contributed by atoms with E-state index in [0.717, 1.165) is 6.07 Å². The first-order chi connectivity index (χ1) is 9.90. The van der Waals surface area contributed by atoms with E-state index in [-0.39, 0.29) is 22.6 Å². The lowest BCUT2D eigenvalue weighted by molar-refractivity contribution is 0.0695. The topological polar surface area (TPSA) is 107 Å². The number of hydrogen-bond acceptors (Lipinski definition) is 4. The molecule has 2 aromatic rings. The molecule has 0 aromatic heterocycles. The minimum Gasteiger partial charge on any atom is -0.508 e. The van der Waals surface area contributed by atoms with Crippen LogP contribution in [-0.2, 0) is 0 Å². The number of carboxylic acids is 1. The van der Waals surface area contributed by atoms with E-state index in [0.29, 0.717) is 11.3 Å². The molecule has 0 saturated carbocycles. The zero-order valence-electron chi connectivity index (χ0n) is 11.1. The highest BCUT2D eigenvalue weighted by molar-refractivity contribution is 6.07. The number of phenolic OH excluding ortho intramolecular Hbond substituents is 2. The molecule has 21 heavy (non-hydrogen) atoms. The summed E-state index contributed by atoms with van der Waals surface area (Å²) >= 11 is 0. The van der Waals surface area contributed by atoms with Gasteiger partial charge in [0.25, 0.3) is 5.91 Å². The van der Waals surface area contributed by atoms with E-state index < -0.39 is 11.9 Å². The summed E-state index contributed by atoms with van der Waals surface area (Å²) in [4.78, 5) is 23.1. The highest BCUT2D eigenvalue weighted by Crippen LogP contribution is 2.25. The molecule has 0 fully saturated rings. The lowest BCUT2D eigenvalue weighted by Gasteiger charge is -2.11. The Hall–Kier alpha value is -3.02. The minimum absolute atomic E-state index is 0.0768. The van der Waals surface area contributed by atoms with E-state index >= 15 is 0 Å². The van der Waals surface area contributed by atoms with Crippen LogP contribution in [0.1, 0.15) is 26.3 Å². The molecule has 2 rings (SSSR count). The first-order valence-corrected chi connectivity index (χ1v) is 6.06. The summed E-state index contributed by atoms with van der Waals surface area (Å²) in [5, 5.41) is 30.5. The third-order valence-electron chi connectivity index (χ3n) is 3.04. The minimum atomic E-state index is -1.09. The molecule has 0 saturated heterocycles. The number of carbonyl (C=O) groups excluding carboxylic acids is 1. The zero-order chi connectivity index (χ0) is 15.6. The van der Waals surface area contributed by atoms with Crippen molar-refractivity contribution in [2.45, 2.75) is 6.92 Å². The second-order valence-corrected chi connectivity index (χ2v) is 4.44. The van der Waals surface area contributed by atoms with Gasteiger partial charge in [0.05, 0.1) is 11.1 Å². The zero-order valence-corrected chi connectivity index (χ0v) is 11.1. The van der Waals surface area contributed by atoms with Crippen molar-refractivity contribution in [3.63, 3.8) is 0 Å². The van der Waals surface area contributed by atoms with Gasteiger partial charge in [-0.15, -0.1) is 0 Å². The average molecular weight is 287 g/mol. The SMILES string of the molecule is Cc1c(NC(=O)c2cc(O)ccc2O)cccc1C(=O)O. The molecule has 0 aliphatic carbocycles. The molecule has 0 bridgehead atoms. The molecule has 0 radical (unpaired) electrons. The molecular formula is C15H13NO5. The number of anilines is 1. The summed E-state index contributed by atoms with van der Waals surface area (Å²) in [5.74, 6) is -2.18. The fraction of sp³-hybridized carbons (Fsp3) is 0.0667. The second kappa shape index (κ2) is 5.54. The molecule has 6 heteroatoms. The normalized spacial score (nSPS) is 10.1. The van der Waals surface area contributed by atoms with Gasteiger partial charge in [-0.05, 0) is 42.8 Å². The Kier molecular flexibility index (Phi) is 3.80. The van der Waals surface area contributed by atoms with E-state index in [4.69, 9.17) is 5.11 Å². The van der Waals surface area contributed by atoms with Crippen molar-refractivity contribution >= 4 is 17.6 Å². The molecule has 4 N–H and O–H groups in total. The van der Waals surface area contributed by atoms with Gasteiger partial charge in [0.2, 0.25) is 0 Å². The predicted molar refractivity (Wildman–Crippen MR) is 75.9 cm³/mol. The Balaban J connectivity index is 2.34. The molecule has 108 valence electrons. The number of phenols is 2. The van der Waals surface area contributed by atoms with Crippen LogP contribution in [0.25, 0.3) is 0 Å². The fourth-order valence-electron chi connectivity index (χ4n) is 1.90. The maximum Gasteiger partial charge on any atom is 0.336 e. The Morgan fingerprint density at radius 1 is 1.05 bits per heavy atom. The first kappa shape index (κ1) is 14.4. The van der Waals surface area contributed by atoms with Gasteiger partial charge in [0, 0.05) is 5.69 Å². The Morgan fingerprint density at radius 3 is 2.43 bits per heavy atom. The van der Waals surface area contributed by atoms with E-state index in [1.54, 1.807) is 13.0 Å². The van der Waals surface area contributed by atoms with Crippen LogP contribution in [-0.4, -0.2) is 27.2 Å². The van der Waals surface area contributed by atoms with Crippen molar-refractivity contribution in [1.82, 2.24) is 0 Å². The van der Waals surface area contributed by atoms with Crippen molar-refractivity contribution in [2.75, 3.05) is 5.32 Å². The van der Waals surface area contributed by atoms with Gasteiger partial charge >= 0.3 is 5.97 Å². The number of carbonyl (C=O) groups is 2. The van der Waals surface area contributed by atoms with Crippen molar-refractivity contribution in [2.24, 2.45) is 0 Å². The summed E-state index contributed by atoms with van der Waals surface area (Å²) in [5.41, 5.74) is 0.698. The average Bonchev–Trinajstić information content (AvgIpc) is 2.43. The summed E-state index contributed by atoms with van der Waals surface area (Å²) in [6.07, 6.45) is 0. The van der Waals surface area contributed by atoms with E-state index in [2.05, 4.69) is 5.32 Å². The number of hydrogen-bond donors (Lipinski definition) is 4. The maximum atomic E-state index is 12.1. The third-order valence-corrected chi connectivity index (χ3v) is 3.04. The van der Waals surface area contributed by atoms with Crippen molar-refractivity contribution in [1.29, 1.82) is 0 Å². The van der Waals surface area contributed by atoms with Crippen LogP contribution < -0.4 is 5.32 Å². The fourth-order valence-corrected chi connectivity index (χ4v) is 1.90. The van der Waals surface area contributed by atoms with Crippen LogP contribution in [0.2, 0.25) is 0 Å². The molecule has 1 amide bonds. The number of nitrogens with one attached hydrogen (secondary N) is 1.